The summed E-state index contributed by atoms with van der Waals surface area (Å²) >= 11 is -2.05. The first-order valence-electron chi connectivity index (χ1n) is 4.49. The zero-order valence-corrected chi connectivity index (χ0v) is 8.92. The summed E-state index contributed by atoms with van der Waals surface area (Å²) in [4.78, 5) is 0. The molecule has 0 fully saturated rings. The van der Waals surface area contributed by atoms with Crippen LogP contribution in [0.5, 0.6) is 0 Å². The number of benzene rings is 1. The molecule has 14 heavy (non-hydrogen) atoms. The van der Waals surface area contributed by atoms with Crippen molar-refractivity contribution in [3.05, 3.63) is 42.0 Å². The molecule has 0 amide bonds. The lowest BCUT2D eigenvalue weighted by Gasteiger charge is -2.18. The van der Waals surface area contributed by atoms with E-state index < -0.39 is 16.3 Å². The van der Waals surface area contributed by atoms with E-state index >= 15 is 0 Å². The summed E-state index contributed by atoms with van der Waals surface area (Å²) in [5.74, 6) is 0. The van der Waals surface area contributed by atoms with Crippen LogP contribution in [-0.2, 0) is 11.1 Å². The smallest absolute Gasteiger partial charge is 0.0462 e. The molecule has 3 heteroatoms. The van der Waals surface area contributed by atoms with Crippen molar-refractivity contribution < 1.29 is 8.76 Å². The zero-order chi connectivity index (χ0) is 10.6. The highest BCUT2D eigenvalue weighted by atomic mass is 32.2. The summed E-state index contributed by atoms with van der Waals surface area (Å²) in [6.07, 6.45) is 2.31. The molecule has 2 unspecified atom stereocenters. The van der Waals surface area contributed by atoms with E-state index in [1.165, 1.54) is 0 Å². The second-order valence-corrected chi connectivity index (χ2v) is 4.12. The van der Waals surface area contributed by atoms with Crippen LogP contribution in [0.25, 0.3) is 6.08 Å². The average molecular weight is 209 g/mol. The van der Waals surface area contributed by atoms with Crippen LogP contribution in [0.1, 0.15) is 29.7 Å². The van der Waals surface area contributed by atoms with E-state index in [9.17, 15) is 8.76 Å². The Morgan fingerprint density at radius 3 is 2.86 bits per heavy atom. The maximum absolute atomic E-state index is 10.9. The topological polar surface area (TPSA) is 40.1 Å². The van der Waals surface area contributed by atoms with Crippen molar-refractivity contribution in [3.63, 3.8) is 0 Å². The third kappa shape index (κ3) is 2.53. The molecule has 0 N–H and O–H groups in total. The molecule has 2 nitrogen and oxygen atoms in total. The van der Waals surface area contributed by atoms with E-state index in [1.54, 1.807) is 6.08 Å². The molecule has 0 heterocycles. The Morgan fingerprint density at radius 1 is 1.64 bits per heavy atom. The van der Waals surface area contributed by atoms with Crippen LogP contribution in [-0.4, -0.2) is 8.76 Å². The van der Waals surface area contributed by atoms with Gasteiger partial charge in [-0.3, -0.25) is 4.21 Å². The lowest BCUT2D eigenvalue weighted by molar-refractivity contribution is 0.521. The molecular formula is C11H13O2S-. The Hall–Kier alpha value is -0.930. The average Bonchev–Trinajstić information content (AvgIpc) is 2.19. The Bertz CT molecular complexity index is 347. The van der Waals surface area contributed by atoms with E-state index in [0.717, 1.165) is 11.1 Å². The lowest BCUT2D eigenvalue weighted by Crippen LogP contribution is -2.04. The first-order chi connectivity index (χ1) is 6.69. The van der Waals surface area contributed by atoms with Gasteiger partial charge in [0.2, 0.25) is 0 Å². The molecule has 0 radical (unpaired) electrons. The van der Waals surface area contributed by atoms with Gasteiger partial charge in [-0.25, -0.2) is 0 Å². The van der Waals surface area contributed by atoms with E-state index in [-0.39, 0.29) is 0 Å². The summed E-state index contributed by atoms with van der Waals surface area (Å²) in [5, 5.41) is -0.408. The molecule has 1 aromatic rings. The number of hydrogen-bond acceptors (Lipinski definition) is 2. The van der Waals surface area contributed by atoms with Gasteiger partial charge in [-0.15, -0.1) is 0 Å². The van der Waals surface area contributed by atoms with Gasteiger partial charge in [-0.05, 0) is 28.6 Å². The minimum Gasteiger partial charge on any atom is -0.772 e. The van der Waals surface area contributed by atoms with E-state index in [1.807, 2.05) is 31.2 Å². The highest BCUT2D eigenvalue weighted by Gasteiger charge is 2.09. The summed E-state index contributed by atoms with van der Waals surface area (Å²) in [6, 6.07) is 7.44. The van der Waals surface area contributed by atoms with Gasteiger partial charge in [0.15, 0.2) is 0 Å². The predicted molar refractivity (Wildman–Crippen MR) is 58.5 cm³/mol. The van der Waals surface area contributed by atoms with Crippen LogP contribution in [0, 0.1) is 0 Å². The fraction of sp³-hybridized carbons (Fsp3) is 0.273. The zero-order valence-electron chi connectivity index (χ0n) is 8.10. The van der Waals surface area contributed by atoms with Gasteiger partial charge in [0, 0.05) is 5.25 Å². The normalized spacial score (nSPS) is 14.7. The van der Waals surface area contributed by atoms with Crippen molar-refractivity contribution in [3.8, 4) is 0 Å². The molecule has 0 aliphatic rings. The lowest BCUT2D eigenvalue weighted by atomic mass is 10.1. The largest absolute Gasteiger partial charge is 0.772 e. The van der Waals surface area contributed by atoms with Gasteiger partial charge in [0.05, 0.1) is 0 Å². The fourth-order valence-electron chi connectivity index (χ4n) is 1.37. The van der Waals surface area contributed by atoms with Crippen LogP contribution >= 0.6 is 0 Å². The van der Waals surface area contributed by atoms with E-state index in [4.69, 9.17) is 0 Å². The maximum atomic E-state index is 10.9. The third-order valence-corrected chi connectivity index (χ3v) is 3.19. The molecule has 0 saturated heterocycles. The SMILES string of the molecule is C=Cc1cccc(C(CC)S(=O)[O-])c1. The van der Waals surface area contributed by atoms with Gasteiger partial charge in [0.25, 0.3) is 0 Å². The first kappa shape index (κ1) is 11.1. The fourth-order valence-corrected chi connectivity index (χ4v) is 2.01. The van der Waals surface area contributed by atoms with Crippen LogP contribution < -0.4 is 0 Å². The third-order valence-electron chi connectivity index (χ3n) is 2.12. The van der Waals surface area contributed by atoms with Gasteiger partial charge < -0.3 is 4.55 Å². The summed E-state index contributed by atoms with van der Waals surface area (Å²) < 4.78 is 21.8. The second kappa shape index (κ2) is 5.08. The van der Waals surface area contributed by atoms with Crippen LogP contribution in [0.3, 0.4) is 0 Å². The highest BCUT2D eigenvalue weighted by Crippen LogP contribution is 2.23. The minimum absolute atomic E-state index is 0.408. The molecular weight excluding hydrogens is 196 g/mol. The quantitative estimate of drug-likeness (QED) is 0.715. The van der Waals surface area contributed by atoms with Crippen molar-refractivity contribution in [2.75, 3.05) is 0 Å². The Kier molecular flexibility index (Phi) is 4.04. The van der Waals surface area contributed by atoms with Crippen molar-refractivity contribution in [1.29, 1.82) is 0 Å². The van der Waals surface area contributed by atoms with Gasteiger partial charge in [-0.2, -0.15) is 0 Å². The Labute approximate surface area is 86.9 Å². The van der Waals surface area contributed by atoms with Gasteiger partial charge in [0.1, 0.15) is 0 Å². The number of rotatable bonds is 4. The summed E-state index contributed by atoms with van der Waals surface area (Å²) in [7, 11) is 0. The summed E-state index contributed by atoms with van der Waals surface area (Å²) in [6.45, 7) is 5.51. The summed E-state index contributed by atoms with van der Waals surface area (Å²) in [5.41, 5.74) is 1.78. The molecule has 1 aromatic carbocycles. The number of hydrogen-bond donors (Lipinski definition) is 0. The molecule has 76 valence electrons. The standard InChI is InChI=1S/C11H14O2S/c1-3-9-6-5-7-10(8-9)11(4-2)14(12)13/h3,5-8,11H,1,4H2,2H3,(H,12,13)/p-1. The molecule has 1 rings (SSSR count). The highest BCUT2D eigenvalue weighted by molar-refractivity contribution is 7.79. The van der Waals surface area contributed by atoms with Crippen molar-refractivity contribution in [1.82, 2.24) is 0 Å². The van der Waals surface area contributed by atoms with Crippen LogP contribution in [0.15, 0.2) is 30.8 Å². The minimum atomic E-state index is -2.05. The maximum Gasteiger partial charge on any atom is 0.0462 e. The van der Waals surface area contributed by atoms with Crippen molar-refractivity contribution >= 4 is 17.2 Å². The molecule has 0 saturated carbocycles. The van der Waals surface area contributed by atoms with E-state index in [0.29, 0.717) is 6.42 Å². The Balaban J connectivity index is 3.03. The first-order valence-corrected chi connectivity index (χ1v) is 5.63. The molecule has 0 aromatic heterocycles. The molecule has 0 bridgehead atoms. The molecule has 0 spiro atoms. The van der Waals surface area contributed by atoms with Crippen molar-refractivity contribution in [2.45, 2.75) is 18.6 Å². The van der Waals surface area contributed by atoms with E-state index in [2.05, 4.69) is 6.58 Å². The monoisotopic (exact) mass is 209 g/mol. The van der Waals surface area contributed by atoms with Gasteiger partial charge >= 0.3 is 0 Å². The van der Waals surface area contributed by atoms with Crippen LogP contribution in [0.4, 0.5) is 0 Å². The molecule has 2 atom stereocenters. The van der Waals surface area contributed by atoms with Crippen LogP contribution in [0.2, 0.25) is 0 Å². The van der Waals surface area contributed by atoms with Gasteiger partial charge in [-0.1, -0.05) is 43.8 Å². The Morgan fingerprint density at radius 2 is 2.36 bits per heavy atom. The second-order valence-electron chi connectivity index (χ2n) is 3.03. The van der Waals surface area contributed by atoms with Crippen molar-refractivity contribution in [2.24, 2.45) is 0 Å². The molecule has 0 aliphatic carbocycles. The predicted octanol–water partition coefficient (Wildman–Crippen LogP) is 2.66. The molecule has 0 aliphatic heterocycles.